The fourth-order valence-electron chi connectivity index (χ4n) is 0.736. The second-order valence-corrected chi connectivity index (χ2v) is 3.18. The van der Waals surface area contributed by atoms with Crippen LogP contribution in [-0.2, 0) is 0 Å². The highest BCUT2D eigenvalue weighted by Gasteiger charge is 1.88. The molecule has 1 rings (SSSR count). The van der Waals surface area contributed by atoms with E-state index >= 15 is 0 Å². The van der Waals surface area contributed by atoms with E-state index in [0.717, 1.165) is 0 Å². The average Bonchev–Trinajstić information content (AvgIpc) is 1.81. The Bertz CT molecular complexity index is 238. The molecule has 74 valence electrons. The third-order valence-electron chi connectivity index (χ3n) is 1.10. The van der Waals surface area contributed by atoms with Gasteiger partial charge in [0.1, 0.15) is 0 Å². The number of nitrogens with one attached hydrogen (secondary N) is 1. The summed E-state index contributed by atoms with van der Waals surface area (Å²) in [6.07, 6.45) is 1.95. The van der Waals surface area contributed by atoms with Crippen LogP contribution in [-0.4, -0.2) is 0 Å². The predicted molar refractivity (Wildman–Crippen MR) is 32.5 cm³/mol. The number of rotatable bonds is 0. The van der Waals surface area contributed by atoms with Crippen molar-refractivity contribution in [2.45, 2.75) is 13.8 Å². The zero-order valence-electron chi connectivity index (χ0n) is 7.24. The van der Waals surface area contributed by atoms with Gasteiger partial charge in [0.2, 0.25) is 0 Å². The van der Waals surface area contributed by atoms with Crippen molar-refractivity contribution in [2.24, 2.45) is 0 Å². The smallest absolute Gasteiger partial charge is 0.176 e. The molecule has 0 atom stereocenters. The van der Waals surface area contributed by atoms with E-state index in [4.69, 9.17) is 18.6 Å². The summed E-state index contributed by atoms with van der Waals surface area (Å²) in [7, 11) is -4.94. The maximum Gasteiger partial charge on any atom is 0.176 e. The molecule has 0 unspecified atom stereocenters. The van der Waals surface area contributed by atoms with Crippen molar-refractivity contribution in [3.05, 3.63) is 29.6 Å². The molecule has 0 aliphatic heterocycles. The number of hydrogen-bond acceptors (Lipinski definition) is 4. The number of halogens is 1. The Balaban J connectivity index is 0.000000252. The number of aromatic nitrogens is 1. The lowest BCUT2D eigenvalue weighted by atomic mass is 10.3. The molecule has 5 nitrogen and oxygen atoms in total. The number of aromatic amines is 1. The zero-order chi connectivity index (χ0) is 10.5. The van der Waals surface area contributed by atoms with E-state index < -0.39 is 10.2 Å². The molecule has 0 aromatic carbocycles. The Labute approximate surface area is 78.0 Å². The van der Waals surface area contributed by atoms with Crippen molar-refractivity contribution in [2.75, 3.05) is 0 Å². The van der Waals surface area contributed by atoms with Crippen LogP contribution in [0.1, 0.15) is 11.3 Å². The van der Waals surface area contributed by atoms with E-state index in [9.17, 15) is 0 Å². The van der Waals surface area contributed by atoms with Crippen LogP contribution in [0.25, 0.3) is 0 Å². The average molecular weight is 208 g/mol. The molecule has 13 heavy (non-hydrogen) atoms. The summed E-state index contributed by atoms with van der Waals surface area (Å²) in [5.41, 5.74) is 2.52. The van der Waals surface area contributed by atoms with Crippen molar-refractivity contribution in [1.82, 2.24) is 0 Å². The first kappa shape index (κ1) is 12.3. The summed E-state index contributed by atoms with van der Waals surface area (Å²) in [6.45, 7) is 4.13. The van der Waals surface area contributed by atoms with Gasteiger partial charge in [-0.3, -0.25) is 0 Å². The van der Waals surface area contributed by atoms with Gasteiger partial charge in [-0.05, 0) is 12.5 Å². The van der Waals surface area contributed by atoms with Crippen molar-refractivity contribution in [3.8, 4) is 0 Å². The van der Waals surface area contributed by atoms with E-state index in [1.165, 1.54) is 11.3 Å². The largest absolute Gasteiger partial charge is 0.222 e. The normalized spacial score (nSPS) is 10.3. The van der Waals surface area contributed by atoms with E-state index in [0.29, 0.717) is 0 Å². The molecule has 1 aromatic rings. The van der Waals surface area contributed by atoms with Crippen LogP contribution < -0.4 is 23.6 Å². The first-order chi connectivity index (χ1) is 5.79. The molecule has 6 heteroatoms. The van der Waals surface area contributed by atoms with Gasteiger partial charge in [-0.25, -0.2) is 23.6 Å². The summed E-state index contributed by atoms with van der Waals surface area (Å²) >= 11 is 0. The molecular weight excluding hydrogens is 198 g/mol. The van der Waals surface area contributed by atoms with Crippen LogP contribution in [0.3, 0.4) is 0 Å². The molecule has 1 N–H and O–H groups in total. The van der Waals surface area contributed by atoms with E-state index in [1.54, 1.807) is 0 Å². The minimum absolute atomic E-state index is 1.21. The maximum atomic E-state index is 8.49. The van der Waals surface area contributed by atoms with Gasteiger partial charge in [0.25, 0.3) is 0 Å². The standard InChI is InChI=1S/C7H9N.ClHO4/c1-6-3-4-8-7(2)5-6;2-1(3,4)5/h3-5H,1-2H3;(H,2,3,4,5). The van der Waals surface area contributed by atoms with Crippen molar-refractivity contribution in [3.63, 3.8) is 0 Å². The molecule has 1 heterocycles. The molecule has 0 aliphatic rings. The lowest BCUT2D eigenvalue weighted by Gasteiger charge is -2.17. The number of hydrogen-bond donors (Lipinski definition) is 0. The van der Waals surface area contributed by atoms with Crippen molar-refractivity contribution >= 4 is 0 Å². The minimum atomic E-state index is -4.94. The molecule has 1 aromatic heterocycles. The van der Waals surface area contributed by atoms with Gasteiger partial charge in [0, 0.05) is 19.1 Å². The highest BCUT2D eigenvalue weighted by Crippen LogP contribution is 1.92. The molecule has 0 amide bonds. The lowest BCUT2D eigenvalue weighted by Crippen LogP contribution is -2.68. The first-order valence-electron chi connectivity index (χ1n) is 3.36. The lowest BCUT2D eigenvalue weighted by molar-refractivity contribution is -2.00. The Morgan fingerprint density at radius 1 is 1.15 bits per heavy atom. The monoisotopic (exact) mass is 207 g/mol. The Kier molecular flexibility index (Phi) is 4.82. The summed E-state index contributed by atoms with van der Waals surface area (Å²) in [4.78, 5) is 3.07. The van der Waals surface area contributed by atoms with Crippen LogP contribution in [0.4, 0.5) is 0 Å². The van der Waals surface area contributed by atoms with Gasteiger partial charge < -0.3 is 0 Å². The van der Waals surface area contributed by atoms with Gasteiger partial charge in [0.15, 0.2) is 11.9 Å². The molecule has 0 fully saturated rings. The van der Waals surface area contributed by atoms with Gasteiger partial charge in [0.05, 0.1) is 0 Å². The molecule has 0 saturated carbocycles. The van der Waals surface area contributed by atoms with Gasteiger partial charge in [-0.15, -0.1) is 10.2 Å². The molecule has 0 aliphatic carbocycles. The number of pyridine rings is 1. The summed E-state index contributed by atoms with van der Waals surface area (Å²) in [5, 5.41) is 0. The highest BCUT2D eigenvalue weighted by atomic mass is 35.7. The second-order valence-electron chi connectivity index (χ2n) is 2.43. The third-order valence-corrected chi connectivity index (χ3v) is 1.10. The van der Waals surface area contributed by atoms with Crippen LogP contribution >= 0.6 is 0 Å². The summed E-state index contributed by atoms with van der Waals surface area (Å²) in [5.74, 6) is 0. The molecule has 0 radical (unpaired) electrons. The first-order valence-corrected chi connectivity index (χ1v) is 4.59. The number of H-pyrrole nitrogens is 1. The van der Waals surface area contributed by atoms with Crippen LogP contribution in [0.2, 0.25) is 0 Å². The zero-order valence-corrected chi connectivity index (χ0v) is 8.00. The van der Waals surface area contributed by atoms with Crippen LogP contribution in [0.5, 0.6) is 0 Å². The fraction of sp³-hybridized carbons (Fsp3) is 0.286. The molecule has 0 saturated heterocycles. The topological polar surface area (TPSA) is 106 Å². The van der Waals surface area contributed by atoms with E-state index in [-0.39, 0.29) is 0 Å². The Morgan fingerprint density at radius 2 is 1.62 bits per heavy atom. The van der Waals surface area contributed by atoms with Crippen LogP contribution in [0, 0.1) is 24.1 Å². The van der Waals surface area contributed by atoms with Crippen molar-refractivity contribution in [1.29, 1.82) is 0 Å². The Morgan fingerprint density at radius 3 is 1.85 bits per heavy atom. The predicted octanol–water partition coefficient (Wildman–Crippen LogP) is -3.64. The highest BCUT2D eigenvalue weighted by molar-refractivity contribution is 5.08. The fourth-order valence-corrected chi connectivity index (χ4v) is 0.736. The summed E-state index contributed by atoms with van der Waals surface area (Å²) < 4.78 is 34.0. The molecule has 0 bridgehead atoms. The Hall–Kier alpha value is -0.720. The van der Waals surface area contributed by atoms with Gasteiger partial charge in [-0.2, -0.15) is 0 Å². The van der Waals surface area contributed by atoms with E-state index in [1.807, 2.05) is 19.2 Å². The van der Waals surface area contributed by atoms with Crippen LogP contribution in [0.15, 0.2) is 18.3 Å². The van der Waals surface area contributed by atoms with Crippen molar-refractivity contribution < 1.29 is 33.9 Å². The minimum Gasteiger partial charge on any atom is -0.222 e. The SMILES string of the molecule is Cc1cc[nH+]c(C)c1.[O-][Cl+3]([O-])([O-])[O-]. The quantitative estimate of drug-likeness (QED) is 0.437. The number of aryl methyl sites for hydroxylation is 2. The van der Waals surface area contributed by atoms with E-state index in [2.05, 4.69) is 18.0 Å². The maximum absolute atomic E-state index is 8.49. The molecule has 0 spiro atoms. The van der Waals surface area contributed by atoms with Gasteiger partial charge >= 0.3 is 0 Å². The molecular formula is C7H10ClNO4. The van der Waals surface area contributed by atoms with Gasteiger partial charge in [-0.1, -0.05) is 0 Å². The third kappa shape index (κ3) is 11.3. The second kappa shape index (κ2) is 5.11. The summed E-state index contributed by atoms with van der Waals surface area (Å²) in [6, 6.07) is 4.16.